The van der Waals surface area contributed by atoms with E-state index in [9.17, 15) is 9.59 Å². The van der Waals surface area contributed by atoms with Gasteiger partial charge in [0, 0.05) is 16.1 Å². The summed E-state index contributed by atoms with van der Waals surface area (Å²) in [5.41, 5.74) is 0.481. The molecule has 0 bridgehead atoms. The number of halogens is 1. The van der Waals surface area contributed by atoms with E-state index in [-0.39, 0.29) is 17.5 Å². The normalized spacial score (nSPS) is 14.6. The Balaban J connectivity index is 2.24. The second kappa shape index (κ2) is 4.25. The number of amides is 1. The molecule has 2 N–H and O–H groups in total. The van der Waals surface area contributed by atoms with Gasteiger partial charge < -0.3 is 10.4 Å². The fourth-order valence-corrected chi connectivity index (χ4v) is 1.83. The first-order valence-corrected chi connectivity index (χ1v) is 5.70. The molecule has 0 atom stereocenters. The summed E-state index contributed by atoms with van der Waals surface area (Å²) in [5, 5.41) is 11.7. The zero-order valence-corrected chi connectivity index (χ0v) is 9.95. The van der Waals surface area contributed by atoms with Gasteiger partial charge in [-0.15, -0.1) is 0 Å². The Kier molecular flexibility index (Phi) is 2.96. The third-order valence-electron chi connectivity index (χ3n) is 2.32. The molecule has 16 heavy (non-hydrogen) atoms. The molecule has 1 aliphatic rings. The predicted octanol–water partition coefficient (Wildman–Crippen LogP) is 2.04. The summed E-state index contributed by atoms with van der Waals surface area (Å²) < 4.78 is 0.591. The van der Waals surface area contributed by atoms with E-state index in [1.54, 1.807) is 6.07 Å². The maximum Gasteiger partial charge on any atom is 0.335 e. The Hall–Kier alpha value is -1.36. The molecule has 5 heteroatoms. The summed E-state index contributed by atoms with van der Waals surface area (Å²) in [6, 6.07) is 4.73. The maximum atomic E-state index is 11.7. The Morgan fingerprint density at radius 2 is 1.88 bits per heavy atom. The lowest BCUT2D eigenvalue weighted by atomic mass is 10.1. The molecule has 1 fully saturated rings. The number of carboxylic acid groups (broad SMARTS) is 1. The van der Waals surface area contributed by atoms with Gasteiger partial charge in [0.2, 0.25) is 0 Å². The third-order valence-corrected chi connectivity index (χ3v) is 2.78. The molecule has 84 valence electrons. The SMILES string of the molecule is O=C(O)c1cc(Br)cc(C(=O)NC2CC2)c1. The Morgan fingerprint density at radius 1 is 1.25 bits per heavy atom. The number of rotatable bonds is 3. The van der Waals surface area contributed by atoms with Gasteiger partial charge in [-0.05, 0) is 31.0 Å². The number of hydrogen-bond acceptors (Lipinski definition) is 2. The van der Waals surface area contributed by atoms with E-state index in [1.807, 2.05) is 0 Å². The zero-order valence-electron chi connectivity index (χ0n) is 8.37. The van der Waals surface area contributed by atoms with E-state index >= 15 is 0 Å². The average Bonchev–Trinajstić information content (AvgIpc) is 3.00. The van der Waals surface area contributed by atoms with Crippen molar-refractivity contribution >= 4 is 27.8 Å². The first-order chi connectivity index (χ1) is 7.56. The van der Waals surface area contributed by atoms with Crippen molar-refractivity contribution in [2.75, 3.05) is 0 Å². The topological polar surface area (TPSA) is 66.4 Å². The molecule has 1 aromatic rings. The molecule has 0 unspecified atom stereocenters. The predicted molar refractivity (Wildman–Crippen MR) is 61.6 cm³/mol. The smallest absolute Gasteiger partial charge is 0.335 e. The molecular formula is C11H10BrNO3. The molecule has 0 spiro atoms. The summed E-state index contributed by atoms with van der Waals surface area (Å²) in [6.07, 6.45) is 2.01. The second-order valence-electron chi connectivity index (χ2n) is 3.78. The number of nitrogens with one attached hydrogen (secondary N) is 1. The standard InChI is InChI=1S/C11H10BrNO3/c12-8-4-6(3-7(5-8)11(15)16)10(14)13-9-1-2-9/h3-5,9H,1-2H2,(H,13,14)(H,15,16). The highest BCUT2D eigenvalue weighted by Gasteiger charge is 2.24. The van der Waals surface area contributed by atoms with Gasteiger partial charge in [-0.3, -0.25) is 4.79 Å². The van der Waals surface area contributed by atoms with Crippen LogP contribution in [-0.2, 0) is 0 Å². The lowest BCUT2D eigenvalue weighted by Crippen LogP contribution is -2.25. The van der Waals surface area contributed by atoms with Crippen LogP contribution in [0.3, 0.4) is 0 Å². The minimum Gasteiger partial charge on any atom is -0.478 e. The minimum atomic E-state index is -1.04. The van der Waals surface area contributed by atoms with E-state index in [2.05, 4.69) is 21.2 Å². The zero-order chi connectivity index (χ0) is 11.7. The van der Waals surface area contributed by atoms with Crippen LogP contribution in [0.15, 0.2) is 22.7 Å². The first kappa shape index (κ1) is 11.1. The van der Waals surface area contributed by atoms with Crippen molar-refractivity contribution in [2.24, 2.45) is 0 Å². The van der Waals surface area contributed by atoms with Crippen LogP contribution in [0.1, 0.15) is 33.6 Å². The van der Waals surface area contributed by atoms with Crippen LogP contribution in [0.5, 0.6) is 0 Å². The summed E-state index contributed by atoms with van der Waals surface area (Å²) >= 11 is 3.19. The molecule has 1 amide bonds. The van der Waals surface area contributed by atoms with E-state index in [0.717, 1.165) is 12.8 Å². The molecule has 2 rings (SSSR count). The highest BCUT2D eigenvalue weighted by Crippen LogP contribution is 2.21. The monoisotopic (exact) mass is 283 g/mol. The van der Waals surface area contributed by atoms with Gasteiger partial charge in [-0.1, -0.05) is 15.9 Å². The van der Waals surface area contributed by atoms with Crippen molar-refractivity contribution in [3.63, 3.8) is 0 Å². The Bertz CT molecular complexity index is 455. The summed E-state index contributed by atoms with van der Waals surface area (Å²) in [4.78, 5) is 22.5. The first-order valence-electron chi connectivity index (χ1n) is 4.91. The van der Waals surface area contributed by atoms with Gasteiger partial charge in [-0.25, -0.2) is 4.79 Å². The highest BCUT2D eigenvalue weighted by molar-refractivity contribution is 9.10. The molecule has 0 radical (unpaired) electrons. The van der Waals surface area contributed by atoms with Crippen molar-refractivity contribution in [2.45, 2.75) is 18.9 Å². The number of aromatic carboxylic acids is 1. The number of carbonyl (C=O) groups is 2. The van der Waals surface area contributed by atoms with Crippen molar-refractivity contribution in [3.05, 3.63) is 33.8 Å². The van der Waals surface area contributed by atoms with Crippen molar-refractivity contribution in [1.29, 1.82) is 0 Å². The van der Waals surface area contributed by atoms with E-state index in [0.29, 0.717) is 10.0 Å². The molecule has 0 saturated heterocycles. The number of benzene rings is 1. The molecular weight excluding hydrogens is 274 g/mol. The van der Waals surface area contributed by atoms with Crippen LogP contribution in [0, 0.1) is 0 Å². The molecule has 1 saturated carbocycles. The van der Waals surface area contributed by atoms with Crippen LogP contribution in [0.2, 0.25) is 0 Å². The summed E-state index contributed by atoms with van der Waals surface area (Å²) in [5.74, 6) is -1.26. The maximum absolute atomic E-state index is 11.7. The van der Waals surface area contributed by atoms with E-state index in [4.69, 9.17) is 5.11 Å². The number of carbonyl (C=O) groups excluding carboxylic acids is 1. The van der Waals surface area contributed by atoms with Gasteiger partial charge in [0.25, 0.3) is 5.91 Å². The summed E-state index contributed by atoms with van der Waals surface area (Å²) in [6.45, 7) is 0. The fourth-order valence-electron chi connectivity index (χ4n) is 1.34. The lowest BCUT2D eigenvalue weighted by Gasteiger charge is -2.05. The van der Waals surface area contributed by atoms with Crippen LogP contribution in [0.25, 0.3) is 0 Å². The minimum absolute atomic E-state index is 0.107. The van der Waals surface area contributed by atoms with Crippen LogP contribution >= 0.6 is 15.9 Å². The highest BCUT2D eigenvalue weighted by atomic mass is 79.9. The molecule has 1 aliphatic carbocycles. The fraction of sp³-hybridized carbons (Fsp3) is 0.273. The largest absolute Gasteiger partial charge is 0.478 e. The number of carboxylic acids is 1. The molecule has 0 aliphatic heterocycles. The van der Waals surface area contributed by atoms with Crippen molar-refractivity contribution in [1.82, 2.24) is 5.32 Å². The Morgan fingerprint density at radius 3 is 2.44 bits per heavy atom. The van der Waals surface area contributed by atoms with Crippen molar-refractivity contribution < 1.29 is 14.7 Å². The third kappa shape index (κ3) is 2.61. The van der Waals surface area contributed by atoms with Gasteiger partial charge in [0.1, 0.15) is 0 Å². The molecule has 0 aromatic heterocycles. The molecule has 4 nitrogen and oxygen atoms in total. The number of hydrogen-bond donors (Lipinski definition) is 2. The van der Waals surface area contributed by atoms with Gasteiger partial charge in [-0.2, -0.15) is 0 Å². The molecule has 0 heterocycles. The van der Waals surface area contributed by atoms with Gasteiger partial charge in [0.15, 0.2) is 0 Å². The second-order valence-corrected chi connectivity index (χ2v) is 4.70. The van der Waals surface area contributed by atoms with Crippen LogP contribution < -0.4 is 5.32 Å². The summed E-state index contributed by atoms with van der Waals surface area (Å²) in [7, 11) is 0. The van der Waals surface area contributed by atoms with Crippen molar-refractivity contribution in [3.8, 4) is 0 Å². The van der Waals surface area contributed by atoms with Gasteiger partial charge in [0.05, 0.1) is 5.56 Å². The van der Waals surface area contributed by atoms with Crippen LogP contribution in [-0.4, -0.2) is 23.0 Å². The Labute approximate surface area is 101 Å². The molecule has 1 aromatic carbocycles. The quantitative estimate of drug-likeness (QED) is 0.892. The average molecular weight is 284 g/mol. The van der Waals surface area contributed by atoms with E-state index < -0.39 is 5.97 Å². The lowest BCUT2D eigenvalue weighted by molar-refractivity contribution is 0.0697. The van der Waals surface area contributed by atoms with Gasteiger partial charge >= 0.3 is 5.97 Å². The van der Waals surface area contributed by atoms with Crippen LogP contribution in [0.4, 0.5) is 0 Å². The van der Waals surface area contributed by atoms with E-state index in [1.165, 1.54) is 12.1 Å².